The zero-order valence-electron chi connectivity index (χ0n) is 11.9. The molecule has 0 heterocycles. The topological polar surface area (TPSA) is 58.4 Å². The van der Waals surface area contributed by atoms with E-state index in [1.807, 2.05) is 7.05 Å². The molecule has 0 aliphatic rings. The van der Waals surface area contributed by atoms with Gasteiger partial charge in [-0.15, -0.1) is 0 Å². The molecule has 102 valence electrons. The molecule has 1 amide bonds. The van der Waals surface area contributed by atoms with Crippen molar-refractivity contribution in [3.63, 3.8) is 0 Å². The fraction of sp³-hybridized carbons (Fsp3) is 0.923. The molecule has 0 aliphatic carbocycles. The lowest BCUT2D eigenvalue weighted by molar-refractivity contribution is -0.121. The molecule has 0 aromatic carbocycles. The van der Waals surface area contributed by atoms with Crippen molar-refractivity contribution in [2.45, 2.75) is 40.0 Å². The van der Waals surface area contributed by atoms with E-state index in [0.717, 1.165) is 32.4 Å². The van der Waals surface area contributed by atoms with Crippen LogP contribution >= 0.6 is 0 Å². The normalized spacial score (nSPS) is 11.9. The highest BCUT2D eigenvalue weighted by atomic mass is 16.1. The first-order valence-corrected chi connectivity index (χ1v) is 6.56. The number of likely N-dealkylation sites (N-methyl/N-ethyl adjacent to an activating group) is 1. The molecule has 0 spiro atoms. The second-order valence-electron chi connectivity index (χ2n) is 5.56. The molecule has 0 rings (SSSR count). The summed E-state index contributed by atoms with van der Waals surface area (Å²) in [7, 11) is 1.99. The average molecular weight is 243 g/mol. The van der Waals surface area contributed by atoms with E-state index < -0.39 is 0 Å². The lowest BCUT2D eigenvalue weighted by Gasteiger charge is -2.24. The maximum Gasteiger partial charge on any atom is 0.234 e. The predicted molar refractivity (Wildman–Crippen MR) is 72.9 cm³/mol. The number of carbonyl (C=O) groups excluding carboxylic acids is 1. The van der Waals surface area contributed by atoms with Crippen LogP contribution in [0.25, 0.3) is 0 Å². The van der Waals surface area contributed by atoms with Crippen LogP contribution in [0.2, 0.25) is 0 Å². The molecule has 0 fully saturated rings. The monoisotopic (exact) mass is 243 g/mol. The van der Waals surface area contributed by atoms with Gasteiger partial charge in [-0.05, 0) is 44.8 Å². The summed E-state index contributed by atoms with van der Waals surface area (Å²) in [6, 6.07) is 0. The SMILES string of the molecule is CCCNC(=O)CN(C)CCCC(C)(C)CN. The third kappa shape index (κ3) is 9.12. The van der Waals surface area contributed by atoms with Gasteiger partial charge in [0, 0.05) is 6.54 Å². The van der Waals surface area contributed by atoms with E-state index in [4.69, 9.17) is 5.73 Å². The van der Waals surface area contributed by atoms with E-state index in [2.05, 4.69) is 31.0 Å². The highest BCUT2D eigenvalue weighted by Crippen LogP contribution is 2.19. The fourth-order valence-electron chi connectivity index (χ4n) is 1.57. The quantitative estimate of drug-likeness (QED) is 0.640. The number of hydrogen-bond donors (Lipinski definition) is 2. The largest absolute Gasteiger partial charge is 0.355 e. The summed E-state index contributed by atoms with van der Waals surface area (Å²) in [6.07, 6.45) is 3.17. The van der Waals surface area contributed by atoms with Crippen molar-refractivity contribution in [2.75, 3.05) is 33.2 Å². The maximum absolute atomic E-state index is 11.5. The third-order valence-corrected chi connectivity index (χ3v) is 2.93. The van der Waals surface area contributed by atoms with Crippen molar-refractivity contribution in [3.8, 4) is 0 Å². The van der Waals surface area contributed by atoms with Crippen molar-refractivity contribution < 1.29 is 4.79 Å². The van der Waals surface area contributed by atoms with Gasteiger partial charge in [-0.25, -0.2) is 0 Å². The fourth-order valence-corrected chi connectivity index (χ4v) is 1.57. The molecule has 0 atom stereocenters. The molecule has 0 radical (unpaired) electrons. The van der Waals surface area contributed by atoms with Gasteiger partial charge < -0.3 is 11.1 Å². The Morgan fingerprint density at radius 3 is 2.59 bits per heavy atom. The molecular weight excluding hydrogens is 214 g/mol. The lowest BCUT2D eigenvalue weighted by atomic mass is 9.88. The van der Waals surface area contributed by atoms with Crippen molar-refractivity contribution in [1.29, 1.82) is 0 Å². The van der Waals surface area contributed by atoms with Crippen LogP contribution in [0, 0.1) is 5.41 Å². The van der Waals surface area contributed by atoms with Crippen LogP contribution in [0.5, 0.6) is 0 Å². The average Bonchev–Trinajstić information content (AvgIpc) is 2.26. The Labute approximate surface area is 106 Å². The summed E-state index contributed by atoms with van der Waals surface area (Å²) in [5.41, 5.74) is 5.89. The third-order valence-electron chi connectivity index (χ3n) is 2.93. The minimum absolute atomic E-state index is 0.118. The minimum atomic E-state index is 0.118. The van der Waals surface area contributed by atoms with Crippen LogP contribution in [0.1, 0.15) is 40.0 Å². The number of nitrogens with two attached hydrogens (primary N) is 1. The number of nitrogens with one attached hydrogen (secondary N) is 1. The molecule has 0 saturated carbocycles. The van der Waals surface area contributed by atoms with Crippen LogP contribution in [-0.4, -0.2) is 44.0 Å². The first-order valence-electron chi connectivity index (χ1n) is 6.56. The zero-order valence-corrected chi connectivity index (χ0v) is 11.9. The molecule has 0 bridgehead atoms. The standard InChI is InChI=1S/C13H29N3O/c1-5-8-15-12(17)10-16(4)9-6-7-13(2,3)11-14/h5-11,14H2,1-4H3,(H,15,17). The van der Waals surface area contributed by atoms with Gasteiger partial charge in [-0.1, -0.05) is 20.8 Å². The van der Waals surface area contributed by atoms with Gasteiger partial charge in [0.25, 0.3) is 0 Å². The van der Waals surface area contributed by atoms with Crippen LogP contribution in [0.3, 0.4) is 0 Å². The van der Waals surface area contributed by atoms with Gasteiger partial charge in [-0.3, -0.25) is 9.69 Å². The van der Waals surface area contributed by atoms with E-state index in [-0.39, 0.29) is 11.3 Å². The number of hydrogen-bond acceptors (Lipinski definition) is 3. The van der Waals surface area contributed by atoms with Gasteiger partial charge in [0.05, 0.1) is 6.54 Å². The van der Waals surface area contributed by atoms with E-state index >= 15 is 0 Å². The number of rotatable bonds is 9. The van der Waals surface area contributed by atoms with Gasteiger partial charge in [0.1, 0.15) is 0 Å². The molecule has 3 N–H and O–H groups in total. The Balaban J connectivity index is 3.65. The molecule has 0 aromatic rings. The van der Waals surface area contributed by atoms with Crippen molar-refractivity contribution in [1.82, 2.24) is 10.2 Å². The number of amides is 1. The smallest absolute Gasteiger partial charge is 0.234 e. The van der Waals surface area contributed by atoms with Crippen LogP contribution < -0.4 is 11.1 Å². The van der Waals surface area contributed by atoms with E-state index in [1.165, 1.54) is 0 Å². The van der Waals surface area contributed by atoms with Crippen molar-refractivity contribution in [2.24, 2.45) is 11.1 Å². The summed E-state index contributed by atoms with van der Waals surface area (Å²) < 4.78 is 0. The molecule has 4 nitrogen and oxygen atoms in total. The molecule has 17 heavy (non-hydrogen) atoms. The van der Waals surface area contributed by atoms with Crippen molar-refractivity contribution in [3.05, 3.63) is 0 Å². The Kier molecular flexibility index (Phi) is 8.17. The molecule has 0 aromatic heterocycles. The molecule has 4 heteroatoms. The number of nitrogens with zero attached hydrogens (tertiary/aromatic N) is 1. The number of carbonyl (C=O) groups is 1. The van der Waals surface area contributed by atoms with E-state index in [1.54, 1.807) is 0 Å². The predicted octanol–water partition coefficient (Wildman–Crippen LogP) is 1.21. The first-order chi connectivity index (χ1) is 7.91. The van der Waals surface area contributed by atoms with Gasteiger partial charge >= 0.3 is 0 Å². The maximum atomic E-state index is 11.5. The second kappa shape index (κ2) is 8.48. The van der Waals surface area contributed by atoms with Crippen LogP contribution in [0.4, 0.5) is 0 Å². The van der Waals surface area contributed by atoms with Crippen molar-refractivity contribution >= 4 is 5.91 Å². The Hall–Kier alpha value is -0.610. The summed E-state index contributed by atoms with van der Waals surface area (Å²) in [6.45, 7) is 9.34. The van der Waals surface area contributed by atoms with Gasteiger partial charge in [-0.2, -0.15) is 0 Å². The zero-order chi connectivity index (χ0) is 13.3. The summed E-state index contributed by atoms with van der Waals surface area (Å²) in [4.78, 5) is 13.5. The van der Waals surface area contributed by atoms with E-state index in [9.17, 15) is 4.79 Å². The van der Waals surface area contributed by atoms with Crippen LogP contribution in [-0.2, 0) is 4.79 Å². The first kappa shape index (κ1) is 16.4. The Bertz CT molecular complexity index is 217. The Morgan fingerprint density at radius 2 is 2.06 bits per heavy atom. The van der Waals surface area contributed by atoms with E-state index in [0.29, 0.717) is 13.1 Å². The van der Waals surface area contributed by atoms with Gasteiger partial charge in [0.2, 0.25) is 5.91 Å². The summed E-state index contributed by atoms with van der Waals surface area (Å²) >= 11 is 0. The summed E-state index contributed by atoms with van der Waals surface area (Å²) in [5.74, 6) is 0.118. The van der Waals surface area contributed by atoms with Crippen LogP contribution in [0.15, 0.2) is 0 Å². The summed E-state index contributed by atoms with van der Waals surface area (Å²) in [5, 5.41) is 2.88. The molecule has 0 aliphatic heterocycles. The highest BCUT2D eigenvalue weighted by Gasteiger charge is 2.15. The molecule has 0 unspecified atom stereocenters. The van der Waals surface area contributed by atoms with Gasteiger partial charge in [0.15, 0.2) is 0 Å². The second-order valence-corrected chi connectivity index (χ2v) is 5.56. The molecular formula is C13H29N3O. The minimum Gasteiger partial charge on any atom is -0.355 e. The molecule has 0 saturated heterocycles. The Morgan fingerprint density at radius 1 is 1.41 bits per heavy atom. The lowest BCUT2D eigenvalue weighted by Crippen LogP contribution is -2.36. The highest BCUT2D eigenvalue weighted by molar-refractivity contribution is 5.77.